The summed E-state index contributed by atoms with van der Waals surface area (Å²) < 4.78 is 1.17. The maximum absolute atomic E-state index is 12.8. The average molecular weight is 418 g/mol. The third-order valence-electron chi connectivity index (χ3n) is 4.90. The Hall–Kier alpha value is -3.74. The molecule has 0 aliphatic heterocycles. The van der Waals surface area contributed by atoms with Gasteiger partial charge < -0.3 is 10.6 Å². The van der Waals surface area contributed by atoms with Crippen LogP contribution in [-0.2, 0) is 9.59 Å². The molecular formula is C24H26N4O3. The van der Waals surface area contributed by atoms with Gasteiger partial charge in [0.15, 0.2) is 0 Å². The van der Waals surface area contributed by atoms with Crippen molar-refractivity contribution in [1.29, 1.82) is 0 Å². The Kier molecular flexibility index (Phi) is 6.34. The summed E-state index contributed by atoms with van der Waals surface area (Å²) in [4.78, 5) is 36.7. The number of anilines is 2. The van der Waals surface area contributed by atoms with Crippen LogP contribution in [0.1, 0.15) is 36.6 Å². The van der Waals surface area contributed by atoms with Crippen LogP contribution in [0.15, 0.2) is 53.3 Å². The van der Waals surface area contributed by atoms with Crippen molar-refractivity contribution in [3.05, 3.63) is 75.6 Å². The van der Waals surface area contributed by atoms with E-state index in [-0.39, 0.29) is 17.4 Å². The van der Waals surface area contributed by atoms with Crippen LogP contribution in [0.3, 0.4) is 0 Å². The van der Waals surface area contributed by atoms with Gasteiger partial charge in [-0.3, -0.25) is 14.4 Å². The van der Waals surface area contributed by atoms with Crippen LogP contribution in [-0.4, -0.2) is 21.6 Å². The van der Waals surface area contributed by atoms with E-state index >= 15 is 0 Å². The molecule has 7 heteroatoms. The Morgan fingerprint density at radius 3 is 2.26 bits per heavy atom. The normalized spacial score (nSPS) is 11.6. The summed E-state index contributed by atoms with van der Waals surface area (Å²) in [6.07, 6.45) is 0. The van der Waals surface area contributed by atoms with E-state index in [9.17, 15) is 14.4 Å². The second-order valence-electron chi connectivity index (χ2n) is 7.75. The maximum Gasteiger partial charge on any atom is 0.267 e. The highest BCUT2D eigenvalue weighted by molar-refractivity contribution is 5.93. The van der Waals surface area contributed by atoms with E-state index in [1.165, 1.54) is 17.7 Å². The lowest BCUT2D eigenvalue weighted by molar-refractivity contribution is -0.119. The number of aromatic nitrogens is 2. The van der Waals surface area contributed by atoms with E-state index in [4.69, 9.17) is 0 Å². The third kappa shape index (κ3) is 5.25. The number of carbonyl (C=O) groups excluding carboxylic acids is 2. The number of carbonyl (C=O) groups is 2. The predicted molar refractivity (Wildman–Crippen MR) is 122 cm³/mol. The summed E-state index contributed by atoms with van der Waals surface area (Å²) in [5.74, 6) is -0.505. The van der Waals surface area contributed by atoms with E-state index in [0.29, 0.717) is 17.1 Å². The molecule has 31 heavy (non-hydrogen) atoms. The lowest BCUT2D eigenvalue weighted by Gasteiger charge is -2.16. The van der Waals surface area contributed by atoms with Gasteiger partial charge in [0.25, 0.3) is 5.56 Å². The van der Waals surface area contributed by atoms with Crippen molar-refractivity contribution in [1.82, 2.24) is 9.78 Å². The summed E-state index contributed by atoms with van der Waals surface area (Å²) in [6, 6.07) is 13.5. The largest absolute Gasteiger partial charge is 0.326 e. The monoisotopic (exact) mass is 418 g/mol. The Bertz CT molecular complexity index is 1190. The molecule has 160 valence electrons. The van der Waals surface area contributed by atoms with Gasteiger partial charge in [0.05, 0.1) is 5.69 Å². The molecule has 1 atom stereocenters. The Morgan fingerprint density at radius 2 is 1.61 bits per heavy atom. The average Bonchev–Trinajstić information content (AvgIpc) is 2.68. The number of aryl methyl sites for hydroxylation is 3. The van der Waals surface area contributed by atoms with E-state index < -0.39 is 6.04 Å². The molecule has 0 aliphatic rings. The van der Waals surface area contributed by atoms with Crippen molar-refractivity contribution in [3.63, 3.8) is 0 Å². The molecule has 0 aliphatic carbocycles. The zero-order chi connectivity index (χ0) is 22.7. The molecule has 0 saturated carbocycles. The van der Waals surface area contributed by atoms with E-state index in [1.54, 1.807) is 19.1 Å². The molecule has 3 aromatic rings. The van der Waals surface area contributed by atoms with Crippen molar-refractivity contribution in [2.75, 3.05) is 10.6 Å². The molecule has 0 spiro atoms. The zero-order valence-corrected chi connectivity index (χ0v) is 18.3. The van der Waals surface area contributed by atoms with Gasteiger partial charge in [-0.2, -0.15) is 5.10 Å². The molecular weight excluding hydrogens is 392 g/mol. The standard InChI is InChI=1S/C24H26N4O3/c1-14-10-15(2)12-20(11-14)26-24(31)17(4)28-23(30)9-8-21(27-28)19-7-6-16(3)22(13-19)25-18(5)29/h6-13,17H,1-5H3,(H,25,29)(H,26,31)/t17-/m1/s1. The molecule has 3 rings (SSSR count). The van der Waals surface area contributed by atoms with Gasteiger partial charge in [0.2, 0.25) is 11.8 Å². The van der Waals surface area contributed by atoms with E-state index in [0.717, 1.165) is 22.3 Å². The number of benzene rings is 2. The van der Waals surface area contributed by atoms with Gasteiger partial charge in [0, 0.05) is 29.9 Å². The van der Waals surface area contributed by atoms with Gasteiger partial charge >= 0.3 is 0 Å². The highest BCUT2D eigenvalue weighted by Gasteiger charge is 2.19. The van der Waals surface area contributed by atoms with E-state index in [1.807, 2.05) is 51.1 Å². The second-order valence-corrected chi connectivity index (χ2v) is 7.75. The molecule has 2 amide bonds. The summed E-state index contributed by atoms with van der Waals surface area (Å²) in [6.45, 7) is 8.88. The molecule has 0 unspecified atom stereocenters. The van der Waals surface area contributed by atoms with E-state index in [2.05, 4.69) is 15.7 Å². The fraction of sp³-hybridized carbons (Fsp3) is 0.250. The quantitative estimate of drug-likeness (QED) is 0.655. The summed E-state index contributed by atoms with van der Waals surface area (Å²) in [7, 11) is 0. The fourth-order valence-corrected chi connectivity index (χ4v) is 3.37. The number of rotatable bonds is 5. The second kappa shape index (κ2) is 8.95. The SMILES string of the molecule is CC(=O)Nc1cc(-c2ccc(=O)n([C@H](C)C(=O)Nc3cc(C)cc(C)c3)n2)ccc1C. The fourth-order valence-electron chi connectivity index (χ4n) is 3.37. The predicted octanol–water partition coefficient (Wildman–Crippen LogP) is 3.99. The summed E-state index contributed by atoms with van der Waals surface area (Å²) >= 11 is 0. The number of hydrogen-bond donors (Lipinski definition) is 2. The van der Waals surface area contributed by atoms with Crippen LogP contribution < -0.4 is 16.2 Å². The first-order chi connectivity index (χ1) is 14.6. The maximum atomic E-state index is 12.8. The Labute approximate surface area is 181 Å². The van der Waals surface area contributed by atoms with Gasteiger partial charge in [-0.1, -0.05) is 18.2 Å². The summed E-state index contributed by atoms with van der Waals surface area (Å²) in [5, 5.41) is 10.1. The topological polar surface area (TPSA) is 93.1 Å². The smallest absolute Gasteiger partial charge is 0.267 e. The molecule has 0 fully saturated rings. The Balaban J connectivity index is 1.91. The first-order valence-electron chi connectivity index (χ1n) is 10.0. The van der Waals surface area contributed by atoms with Crippen LogP contribution >= 0.6 is 0 Å². The molecule has 1 aromatic heterocycles. The molecule has 2 N–H and O–H groups in total. The van der Waals surface area contributed by atoms with Crippen LogP contribution in [0, 0.1) is 20.8 Å². The molecule has 1 heterocycles. The van der Waals surface area contributed by atoms with Gasteiger partial charge in [0.1, 0.15) is 6.04 Å². The lowest BCUT2D eigenvalue weighted by atomic mass is 10.1. The molecule has 0 bridgehead atoms. The molecule has 0 saturated heterocycles. The minimum atomic E-state index is -0.812. The van der Waals surface area contributed by atoms with Crippen LogP contribution in [0.4, 0.5) is 11.4 Å². The van der Waals surface area contributed by atoms with Crippen molar-refractivity contribution in [2.24, 2.45) is 0 Å². The number of nitrogens with zero attached hydrogens (tertiary/aromatic N) is 2. The molecule has 2 aromatic carbocycles. The van der Waals surface area contributed by atoms with Gasteiger partial charge in [-0.05, 0) is 68.7 Å². The minimum Gasteiger partial charge on any atom is -0.326 e. The first kappa shape index (κ1) is 22.0. The minimum absolute atomic E-state index is 0.171. The van der Waals surface area contributed by atoms with Crippen LogP contribution in [0.2, 0.25) is 0 Å². The Morgan fingerprint density at radius 1 is 0.935 bits per heavy atom. The number of nitrogens with one attached hydrogen (secondary N) is 2. The summed E-state index contributed by atoms with van der Waals surface area (Å²) in [5.41, 5.74) is 5.21. The number of hydrogen-bond acceptors (Lipinski definition) is 4. The first-order valence-corrected chi connectivity index (χ1v) is 10.0. The van der Waals surface area contributed by atoms with Crippen LogP contribution in [0.25, 0.3) is 11.3 Å². The number of amides is 2. The lowest BCUT2D eigenvalue weighted by Crippen LogP contribution is -2.33. The molecule has 0 radical (unpaired) electrons. The van der Waals surface area contributed by atoms with Gasteiger partial charge in [-0.15, -0.1) is 0 Å². The van der Waals surface area contributed by atoms with Gasteiger partial charge in [-0.25, -0.2) is 4.68 Å². The van der Waals surface area contributed by atoms with Crippen molar-refractivity contribution in [2.45, 2.75) is 40.7 Å². The van der Waals surface area contributed by atoms with Crippen molar-refractivity contribution >= 4 is 23.2 Å². The molecule has 7 nitrogen and oxygen atoms in total. The highest BCUT2D eigenvalue weighted by Crippen LogP contribution is 2.24. The zero-order valence-electron chi connectivity index (χ0n) is 18.3. The van der Waals surface area contributed by atoms with Crippen molar-refractivity contribution < 1.29 is 9.59 Å². The van der Waals surface area contributed by atoms with Crippen LogP contribution in [0.5, 0.6) is 0 Å². The highest BCUT2D eigenvalue weighted by atomic mass is 16.2. The van der Waals surface area contributed by atoms with Crippen molar-refractivity contribution in [3.8, 4) is 11.3 Å². The third-order valence-corrected chi connectivity index (χ3v) is 4.90.